The summed E-state index contributed by atoms with van der Waals surface area (Å²) in [6, 6.07) is 4.69. The van der Waals surface area contributed by atoms with Gasteiger partial charge in [-0.2, -0.15) is 0 Å². The summed E-state index contributed by atoms with van der Waals surface area (Å²) in [7, 11) is 0. The summed E-state index contributed by atoms with van der Waals surface area (Å²) < 4.78 is 0. The first-order valence-corrected chi connectivity index (χ1v) is 5.60. The number of hydrogen-bond donors (Lipinski definition) is 3. The molecule has 17 heavy (non-hydrogen) atoms. The molecule has 1 aliphatic rings. The van der Waals surface area contributed by atoms with Gasteiger partial charge in [-0.05, 0) is 24.3 Å². The van der Waals surface area contributed by atoms with Crippen molar-refractivity contribution in [2.75, 3.05) is 17.3 Å². The van der Waals surface area contributed by atoms with Crippen LogP contribution in [0.4, 0.5) is 17.1 Å². The topological polar surface area (TPSA) is 93.2 Å². The van der Waals surface area contributed by atoms with E-state index in [4.69, 9.17) is 5.84 Å². The fourth-order valence-corrected chi connectivity index (χ4v) is 1.83. The van der Waals surface area contributed by atoms with E-state index in [1.165, 1.54) is 18.6 Å². The molecule has 2 atom stereocenters. The van der Waals surface area contributed by atoms with Crippen LogP contribution in [0.15, 0.2) is 18.2 Å². The van der Waals surface area contributed by atoms with Crippen molar-refractivity contribution >= 4 is 17.1 Å². The molecule has 4 N–H and O–H groups in total. The van der Waals surface area contributed by atoms with Gasteiger partial charge in [-0.15, -0.1) is 0 Å². The SMILES string of the molecule is CC1CC1CNc1cc(NN)cc([N+](=O)[O-])c1. The van der Waals surface area contributed by atoms with E-state index in [1.54, 1.807) is 6.07 Å². The van der Waals surface area contributed by atoms with E-state index in [2.05, 4.69) is 17.7 Å². The maximum atomic E-state index is 10.7. The van der Waals surface area contributed by atoms with Crippen LogP contribution >= 0.6 is 0 Å². The summed E-state index contributed by atoms with van der Waals surface area (Å²) in [5, 5.41) is 13.9. The van der Waals surface area contributed by atoms with Crippen LogP contribution in [0.5, 0.6) is 0 Å². The van der Waals surface area contributed by atoms with Crippen LogP contribution in [-0.4, -0.2) is 11.5 Å². The molecule has 2 unspecified atom stereocenters. The maximum absolute atomic E-state index is 10.7. The second kappa shape index (κ2) is 4.58. The van der Waals surface area contributed by atoms with Crippen molar-refractivity contribution < 1.29 is 4.92 Å². The molecule has 1 aromatic rings. The average molecular weight is 236 g/mol. The predicted molar refractivity (Wildman–Crippen MR) is 66.7 cm³/mol. The zero-order chi connectivity index (χ0) is 12.4. The molecule has 2 rings (SSSR count). The fraction of sp³-hybridized carbons (Fsp3) is 0.455. The Hall–Kier alpha value is -1.82. The van der Waals surface area contributed by atoms with Crippen LogP contribution in [-0.2, 0) is 0 Å². The number of nitrogens with two attached hydrogens (primary N) is 1. The molecule has 0 aromatic heterocycles. The number of anilines is 2. The summed E-state index contributed by atoms with van der Waals surface area (Å²) in [6.45, 7) is 3.05. The van der Waals surface area contributed by atoms with Crippen LogP contribution in [0.2, 0.25) is 0 Å². The predicted octanol–water partition coefficient (Wildman–Crippen LogP) is 1.95. The van der Waals surface area contributed by atoms with Gasteiger partial charge in [0.2, 0.25) is 0 Å². The summed E-state index contributed by atoms with van der Waals surface area (Å²) in [5.41, 5.74) is 3.73. The van der Waals surface area contributed by atoms with Crippen molar-refractivity contribution in [3.05, 3.63) is 28.3 Å². The molecular formula is C11H16N4O2. The Morgan fingerprint density at radius 2 is 2.12 bits per heavy atom. The van der Waals surface area contributed by atoms with Crippen molar-refractivity contribution in [3.8, 4) is 0 Å². The minimum atomic E-state index is -0.425. The molecule has 1 aliphatic carbocycles. The Bertz CT molecular complexity index is 435. The number of nitrogen functional groups attached to an aromatic ring is 1. The van der Waals surface area contributed by atoms with Crippen molar-refractivity contribution in [2.45, 2.75) is 13.3 Å². The second-order valence-electron chi connectivity index (χ2n) is 4.52. The van der Waals surface area contributed by atoms with E-state index < -0.39 is 4.92 Å². The number of hydrogen-bond acceptors (Lipinski definition) is 5. The zero-order valence-corrected chi connectivity index (χ0v) is 9.64. The molecule has 0 saturated heterocycles. The van der Waals surface area contributed by atoms with E-state index in [0.29, 0.717) is 11.6 Å². The van der Waals surface area contributed by atoms with Gasteiger partial charge in [-0.3, -0.25) is 16.0 Å². The van der Waals surface area contributed by atoms with Gasteiger partial charge < -0.3 is 10.7 Å². The molecule has 0 heterocycles. The highest BCUT2D eigenvalue weighted by molar-refractivity contribution is 5.63. The molecule has 0 radical (unpaired) electrons. The fourth-order valence-electron chi connectivity index (χ4n) is 1.83. The monoisotopic (exact) mass is 236 g/mol. The minimum Gasteiger partial charge on any atom is -0.384 e. The Labute approximate surface area is 99.3 Å². The van der Waals surface area contributed by atoms with Gasteiger partial charge in [0.1, 0.15) is 0 Å². The normalized spacial score (nSPS) is 22.0. The number of rotatable bonds is 5. The smallest absolute Gasteiger partial charge is 0.273 e. The van der Waals surface area contributed by atoms with E-state index in [-0.39, 0.29) is 5.69 Å². The third kappa shape index (κ3) is 2.85. The molecular weight excluding hydrogens is 220 g/mol. The zero-order valence-electron chi connectivity index (χ0n) is 9.64. The Morgan fingerprint density at radius 1 is 1.47 bits per heavy atom. The molecule has 0 aliphatic heterocycles. The maximum Gasteiger partial charge on any atom is 0.273 e. The molecule has 0 amide bonds. The molecule has 0 bridgehead atoms. The third-order valence-electron chi connectivity index (χ3n) is 3.14. The van der Waals surface area contributed by atoms with E-state index >= 15 is 0 Å². The number of nitrogens with zero attached hydrogens (tertiary/aromatic N) is 1. The van der Waals surface area contributed by atoms with Crippen molar-refractivity contribution in [1.29, 1.82) is 0 Å². The Morgan fingerprint density at radius 3 is 2.65 bits per heavy atom. The summed E-state index contributed by atoms with van der Waals surface area (Å²) in [4.78, 5) is 10.3. The minimum absolute atomic E-state index is 0.0341. The number of non-ortho nitro benzene ring substituents is 1. The highest BCUT2D eigenvalue weighted by Crippen LogP contribution is 2.37. The van der Waals surface area contributed by atoms with Crippen molar-refractivity contribution in [3.63, 3.8) is 0 Å². The first-order chi connectivity index (χ1) is 8.10. The van der Waals surface area contributed by atoms with E-state index in [9.17, 15) is 10.1 Å². The third-order valence-corrected chi connectivity index (χ3v) is 3.14. The van der Waals surface area contributed by atoms with E-state index in [0.717, 1.165) is 18.2 Å². The first-order valence-electron chi connectivity index (χ1n) is 5.60. The van der Waals surface area contributed by atoms with Crippen LogP contribution in [0.25, 0.3) is 0 Å². The molecule has 92 valence electrons. The molecule has 1 fully saturated rings. The Kier molecular flexibility index (Phi) is 3.14. The van der Waals surface area contributed by atoms with Crippen LogP contribution in [0, 0.1) is 22.0 Å². The largest absolute Gasteiger partial charge is 0.384 e. The molecule has 1 aromatic carbocycles. The number of nitro groups is 1. The van der Waals surface area contributed by atoms with Crippen LogP contribution < -0.4 is 16.6 Å². The summed E-state index contributed by atoms with van der Waals surface area (Å²) in [5.74, 6) is 6.72. The average Bonchev–Trinajstić information content (AvgIpc) is 3.02. The highest BCUT2D eigenvalue weighted by atomic mass is 16.6. The lowest BCUT2D eigenvalue weighted by Gasteiger charge is -2.08. The van der Waals surface area contributed by atoms with Crippen LogP contribution in [0.3, 0.4) is 0 Å². The molecule has 6 nitrogen and oxygen atoms in total. The highest BCUT2D eigenvalue weighted by Gasteiger charge is 2.31. The van der Waals surface area contributed by atoms with Gasteiger partial charge in [-0.25, -0.2) is 0 Å². The number of benzene rings is 1. The summed E-state index contributed by atoms with van der Waals surface area (Å²) in [6.07, 6.45) is 1.23. The summed E-state index contributed by atoms with van der Waals surface area (Å²) >= 11 is 0. The molecule has 6 heteroatoms. The van der Waals surface area contributed by atoms with Gasteiger partial charge in [0, 0.05) is 24.4 Å². The van der Waals surface area contributed by atoms with Crippen molar-refractivity contribution in [1.82, 2.24) is 0 Å². The van der Waals surface area contributed by atoms with Gasteiger partial charge in [0.05, 0.1) is 10.6 Å². The number of hydrazine groups is 1. The Balaban J connectivity index is 2.09. The van der Waals surface area contributed by atoms with Gasteiger partial charge in [-0.1, -0.05) is 6.92 Å². The quantitative estimate of drug-likeness (QED) is 0.412. The lowest BCUT2D eigenvalue weighted by molar-refractivity contribution is -0.384. The number of nitro benzene ring substituents is 1. The van der Waals surface area contributed by atoms with Gasteiger partial charge in [0.25, 0.3) is 5.69 Å². The van der Waals surface area contributed by atoms with Gasteiger partial charge in [0.15, 0.2) is 0 Å². The van der Waals surface area contributed by atoms with Crippen LogP contribution in [0.1, 0.15) is 13.3 Å². The van der Waals surface area contributed by atoms with E-state index in [1.807, 2.05) is 0 Å². The lowest BCUT2D eigenvalue weighted by atomic mass is 10.2. The first kappa shape index (κ1) is 11.7. The molecule has 0 spiro atoms. The second-order valence-corrected chi connectivity index (χ2v) is 4.52. The number of nitrogens with one attached hydrogen (secondary N) is 2. The van der Waals surface area contributed by atoms with Crippen molar-refractivity contribution in [2.24, 2.45) is 17.7 Å². The van der Waals surface area contributed by atoms with Gasteiger partial charge >= 0.3 is 0 Å². The standard InChI is InChI=1S/C11H16N4O2/c1-7-2-8(7)6-13-9-3-10(14-12)5-11(4-9)15(16)17/h3-5,7-8,13-14H,2,6,12H2,1H3. The lowest BCUT2D eigenvalue weighted by Crippen LogP contribution is -2.09. The molecule has 1 saturated carbocycles.